The first kappa shape index (κ1) is 11.8. The van der Waals surface area contributed by atoms with Crippen LogP contribution in [-0.4, -0.2) is 4.92 Å². The molecule has 86 valence electrons. The van der Waals surface area contributed by atoms with Gasteiger partial charge in [0.1, 0.15) is 11.5 Å². The van der Waals surface area contributed by atoms with Crippen molar-refractivity contribution in [3.63, 3.8) is 0 Å². The molecule has 0 N–H and O–H groups in total. The Morgan fingerprint density at radius 3 is 2.29 bits per heavy atom. The predicted octanol–water partition coefficient (Wildman–Crippen LogP) is 3.99. The van der Waals surface area contributed by atoms with E-state index in [1.807, 2.05) is 24.3 Å². The molecule has 2 aromatic carbocycles. The average molecular weight is 341 g/mol. The molecule has 4 nitrogen and oxygen atoms in total. The van der Waals surface area contributed by atoms with Gasteiger partial charge >= 0.3 is 0 Å². The molecule has 17 heavy (non-hydrogen) atoms. The first-order valence-corrected chi connectivity index (χ1v) is 5.91. The van der Waals surface area contributed by atoms with Gasteiger partial charge in [-0.05, 0) is 46.9 Å². The molecule has 0 aliphatic heterocycles. The Kier molecular flexibility index (Phi) is 3.58. The van der Waals surface area contributed by atoms with Crippen LogP contribution in [0.1, 0.15) is 0 Å². The maximum absolute atomic E-state index is 10.5. The average Bonchev–Trinajstić information content (AvgIpc) is 2.33. The maximum atomic E-state index is 10.5. The molecule has 0 saturated heterocycles. The number of hydrogen-bond donors (Lipinski definition) is 0. The lowest BCUT2D eigenvalue weighted by molar-refractivity contribution is -0.384. The molecular weight excluding hydrogens is 333 g/mol. The fourth-order valence-electron chi connectivity index (χ4n) is 1.29. The zero-order chi connectivity index (χ0) is 12.3. The largest absolute Gasteiger partial charge is 0.456 e. The fraction of sp³-hybridized carbons (Fsp3) is 0. The van der Waals surface area contributed by atoms with Crippen molar-refractivity contribution >= 4 is 28.3 Å². The van der Waals surface area contributed by atoms with Gasteiger partial charge in [0.05, 0.1) is 8.49 Å². The molecule has 0 heterocycles. The molecule has 0 amide bonds. The smallest absolute Gasteiger partial charge is 0.269 e. The summed E-state index contributed by atoms with van der Waals surface area (Å²) in [6.07, 6.45) is 0. The Labute approximate surface area is 112 Å². The van der Waals surface area contributed by atoms with Crippen molar-refractivity contribution < 1.29 is 9.66 Å². The van der Waals surface area contributed by atoms with Crippen LogP contribution in [0.25, 0.3) is 0 Å². The van der Waals surface area contributed by atoms with E-state index in [1.165, 1.54) is 12.1 Å². The SMILES string of the molecule is O=[N+]([O-])c1ccc(Oc2ccccc2I)cc1. The number of hydrogen-bond acceptors (Lipinski definition) is 3. The summed E-state index contributed by atoms with van der Waals surface area (Å²) in [5.41, 5.74) is 0.0557. The van der Waals surface area contributed by atoms with Gasteiger partial charge in [0.15, 0.2) is 0 Å². The Morgan fingerprint density at radius 1 is 1.06 bits per heavy atom. The Morgan fingerprint density at radius 2 is 1.71 bits per heavy atom. The van der Waals surface area contributed by atoms with Gasteiger partial charge in [-0.3, -0.25) is 10.1 Å². The number of non-ortho nitro benzene ring substituents is 1. The molecule has 0 spiro atoms. The van der Waals surface area contributed by atoms with E-state index in [-0.39, 0.29) is 5.69 Å². The summed E-state index contributed by atoms with van der Waals surface area (Å²) in [7, 11) is 0. The number of ether oxygens (including phenoxy) is 1. The van der Waals surface area contributed by atoms with E-state index in [1.54, 1.807) is 12.1 Å². The summed E-state index contributed by atoms with van der Waals surface area (Å²) in [4.78, 5) is 10.1. The second kappa shape index (κ2) is 5.13. The summed E-state index contributed by atoms with van der Waals surface area (Å²) < 4.78 is 6.60. The van der Waals surface area contributed by atoms with Crippen LogP contribution in [-0.2, 0) is 0 Å². The zero-order valence-corrected chi connectivity index (χ0v) is 10.8. The molecule has 0 atom stereocenters. The molecule has 5 heteroatoms. The molecule has 0 aliphatic carbocycles. The lowest BCUT2D eigenvalue weighted by Gasteiger charge is -2.06. The summed E-state index contributed by atoms with van der Waals surface area (Å²) >= 11 is 2.17. The molecule has 0 unspecified atom stereocenters. The number of rotatable bonds is 3. The first-order valence-electron chi connectivity index (χ1n) is 4.83. The second-order valence-electron chi connectivity index (χ2n) is 3.28. The predicted molar refractivity (Wildman–Crippen MR) is 72.3 cm³/mol. The quantitative estimate of drug-likeness (QED) is 0.482. The Balaban J connectivity index is 2.20. The summed E-state index contributed by atoms with van der Waals surface area (Å²) in [5.74, 6) is 1.32. The van der Waals surface area contributed by atoms with Crippen molar-refractivity contribution in [2.24, 2.45) is 0 Å². The van der Waals surface area contributed by atoms with Crippen molar-refractivity contribution in [3.8, 4) is 11.5 Å². The van der Waals surface area contributed by atoms with Crippen LogP contribution in [0.4, 0.5) is 5.69 Å². The van der Waals surface area contributed by atoms with E-state index >= 15 is 0 Å². The van der Waals surface area contributed by atoms with Crippen molar-refractivity contribution in [3.05, 3.63) is 62.2 Å². The van der Waals surface area contributed by atoms with Gasteiger partial charge in [0, 0.05) is 12.1 Å². The number of para-hydroxylation sites is 1. The maximum Gasteiger partial charge on any atom is 0.269 e. The third-order valence-corrected chi connectivity index (χ3v) is 3.00. The van der Waals surface area contributed by atoms with Crippen molar-refractivity contribution in [2.45, 2.75) is 0 Å². The molecule has 0 radical (unpaired) electrons. The second-order valence-corrected chi connectivity index (χ2v) is 4.45. The van der Waals surface area contributed by atoms with Crippen LogP contribution in [0.5, 0.6) is 11.5 Å². The van der Waals surface area contributed by atoms with Crippen LogP contribution < -0.4 is 4.74 Å². The van der Waals surface area contributed by atoms with Gasteiger partial charge in [0.25, 0.3) is 5.69 Å². The number of benzene rings is 2. The Hall–Kier alpha value is -1.63. The molecule has 0 bridgehead atoms. The topological polar surface area (TPSA) is 52.4 Å². The molecule has 2 aromatic rings. The third-order valence-electron chi connectivity index (χ3n) is 2.11. The minimum absolute atomic E-state index is 0.0557. The summed E-state index contributed by atoms with van der Waals surface area (Å²) in [6, 6.07) is 13.6. The van der Waals surface area contributed by atoms with Gasteiger partial charge in [-0.2, -0.15) is 0 Å². The number of nitrogens with zero attached hydrogens (tertiary/aromatic N) is 1. The monoisotopic (exact) mass is 341 g/mol. The normalized spacial score (nSPS) is 9.94. The van der Waals surface area contributed by atoms with E-state index < -0.39 is 4.92 Å². The summed E-state index contributed by atoms with van der Waals surface area (Å²) in [5, 5.41) is 10.5. The lowest BCUT2D eigenvalue weighted by Crippen LogP contribution is -1.89. The fourth-order valence-corrected chi connectivity index (χ4v) is 1.79. The van der Waals surface area contributed by atoms with Gasteiger partial charge in [0.2, 0.25) is 0 Å². The highest BCUT2D eigenvalue weighted by molar-refractivity contribution is 14.1. The summed E-state index contributed by atoms with van der Waals surface area (Å²) in [6.45, 7) is 0. The molecule has 0 saturated carbocycles. The van der Waals surface area contributed by atoms with E-state index in [9.17, 15) is 10.1 Å². The van der Waals surface area contributed by atoms with Crippen LogP contribution in [0.2, 0.25) is 0 Å². The molecule has 0 fully saturated rings. The number of halogens is 1. The van der Waals surface area contributed by atoms with Crippen LogP contribution in [0.15, 0.2) is 48.5 Å². The van der Waals surface area contributed by atoms with Gasteiger partial charge < -0.3 is 4.74 Å². The first-order chi connectivity index (χ1) is 8.16. The highest BCUT2D eigenvalue weighted by Crippen LogP contribution is 2.27. The van der Waals surface area contributed by atoms with Gasteiger partial charge in [-0.15, -0.1) is 0 Å². The third kappa shape index (κ3) is 2.94. The minimum Gasteiger partial charge on any atom is -0.456 e. The van der Waals surface area contributed by atoms with Crippen LogP contribution in [0, 0.1) is 13.7 Å². The van der Waals surface area contributed by atoms with Crippen molar-refractivity contribution in [1.29, 1.82) is 0 Å². The van der Waals surface area contributed by atoms with Crippen LogP contribution >= 0.6 is 22.6 Å². The van der Waals surface area contributed by atoms with E-state index in [0.29, 0.717) is 5.75 Å². The standard InChI is InChI=1S/C12H8INO3/c13-11-3-1-2-4-12(11)17-10-7-5-9(6-8-10)14(15)16/h1-8H. The van der Waals surface area contributed by atoms with Gasteiger partial charge in [-0.1, -0.05) is 12.1 Å². The zero-order valence-electron chi connectivity index (χ0n) is 8.67. The van der Waals surface area contributed by atoms with E-state index in [4.69, 9.17) is 4.74 Å². The van der Waals surface area contributed by atoms with Crippen molar-refractivity contribution in [1.82, 2.24) is 0 Å². The highest BCUT2D eigenvalue weighted by atomic mass is 127. The number of nitro benzene ring substituents is 1. The molecule has 0 aromatic heterocycles. The molecular formula is C12H8INO3. The number of nitro groups is 1. The molecule has 0 aliphatic rings. The van der Waals surface area contributed by atoms with Crippen molar-refractivity contribution in [2.75, 3.05) is 0 Å². The minimum atomic E-state index is -0.434. The molecule has 2 rings (SSSR count). The Bertz CT molecular complexity index is 540. The lowest BCUT2D eigenvalue weighted by atomic mass is 10.3. The van der Waals surface area contributed by atoms with E-state index in [0.717, 1.165) is 9.32 Å². The van der Waals surface area contributed by atoms with Crippen LogP contribution in [0.3, 0.4) is 0 Å². The van der Waals surface area contributed by atoms with Gasteiger partial charge in [-0.25, -0.2) is 0 Å². The highest BCUT2D eigenvalue weighted by Gasteiger charge is 2.06. The van der Waals surface area contributed by atoms with E-state index in [2.05, 4.69) is 22.6 Å².